The van der Waals surface area contributed by atoms with E-state index in [1.165, 1.54) is 16.7 Å². The van der Waals surface area contributed by atoms with Gasteiger partial charge in [0.05, 0.1) is 6.61 Å². The number of ether oxygens (including phenoxy) is 2. The van der Waals surface area contributed by atoms with Gasteiger partial charge < -0.3 is 9.47 Å². The Balaban J connectivity index is 1.43. The van der Waals surface area contributed by atoms with Crippen molar-refractivity contribution in [3.05, 3.63) is 83.4 Å². The van der Waals surface area contributed by atoms with Crippen LogP contribution in [0.15, 0.2) is 66.7 Å². The molecule has 3 rings (SSSR count). The summed E-state index contributed by atoms with van der Waals surface area (Å²) in [5.41, 5.74) is 6.04. The predicted octanol–water partition coefficient (Wildman–Crippen LogP) is 6.86. The minimum absolute atomic E-state index is 0.243. The van der Waals surface area contributed by atoms with Gasteiger partial charge in [-0.05, 0) is 72.7 Å². The van der Waals surface area contributed by atoms with Gasteiger partial charge in [0, 0.05) is 6.42 Å². The van der Waals surface area contributed by atoms with Crippen LogP contribution in [-0.4, -0.2) is 12.6 Å². The Morgan fingerprint density at radius 2 is 1.43 bits per heavy atom. The second kappa shape index (κ2) is 10.1. The summed E-state index contributed by atoms with van der Waals surface area (Å²) in [4.78, 5) is 12.1. The molecule has 0 bridgehead atoms. The van der Waals surface area contributed by atoms with E-state index in [2.05, 4.69) is 64.1 Å². The van der Waals surface area contributed by atoms with E-state index in [-0.39, 0.29) is 5.97 Å². The molecule has 0 fully saturated rings. The van der Waals surface area contributed by atoms with Crippen molar-refractivity contribution < 1.29 is 14.3 Å². The van der Waals surface area contributed by atoms with E-state index in [1.54, 1.807) is 0 Å². The minimum Gasteiger partial charge on any atom is -0.494 e. The summed E-state index contributed by atoms with van der Waals surface area (Å²) in [6.45, 7) is 9.03. The fourth-order valence-corrected chi connectivity index (χ4v) is 3.44. The molecular weight excluding hydrogens is 372 g/mol. The molecule has 156 valence electrons. The first-order chi connectivity index (χ1) is 14.4. The zero-order chi connectivity index (χ0) is 21.5. The second-order valence-electron chi connectivity index (χ2n) is 7.99. The van der Waals surface area contributed by atoms with Crippen LogP contribution in [-0.2, 0) is 4.79 Å². The summed E-state index contributed by atoms with van der Waals surface area (Å²) in [5.74, 6) is 1.67. The van der Waals surface area contributed by atoms with Crippen molar-refractivity contribution in [3.63, 3.8) is 0 Å². The van der Waals surface area contributed by atoms with Gasteiger partial charge in [-0.25, -0.2) is 0 Å². The number of benzene rings is 3. The molecule has 0 aliphatic rings. The summed E-state index contributed by atoms with van der Waals surface area (Å²) in [6.07, 6.45) is 0.939. The van der Waals surface area contributed by atoms with Crippen LogP contribution in [0.1, 0.15) is 49.3 Å². The zero-order valence-corrected chi connectivity index (χ0v) is 18.3. The number of carbonyl (C=O) groups excluding carboxylic acids is 1. The van der Waals surface area contributed by atoms with E-state index < -0.39 is 0 Å². The third kappa shape index (κ3) is 5.96. The van der Waals surface area contributed by atoms with Crippen LogP contribution in [0.2, 0.25) is 0 Å². The van der Waals surface area contributed by atoms with Gasteiger partial charge in [-0.2, -0.15) is 0 Å². The van der Waals surface area contributed by atoms with Crippen molar-refractivity contribution in [3.8, 4) is 22.6 Å². The summed E-state index contributed by atoms with van der Waals surface area (Å²) >= 11 is 0. The molecule has 3 nitrogen and oxygen atoms in total. The third-order valence-corrected chi connectivity index (χ3v) is 5.13. The summed E-state index contributed by atoms with van der Waals surface area (Å²) in [7, 11) is 0. The highest BCUT2D eigenvalue weighted by atomic mass is 16.5. The Bertz CT molecular complexity index is 970. The quantitative estimate of drug-likeness (QED) is 0.235. The van der Waals surface area contributed by atoms with Gasteiger partial charge in [0.1, 0.15) is 11.5 Å². The topological polar surface area (TPSA) is 35.5 Å². The summed E-state index contributed by atoms with van der Waals surface area (Å²) < 4.78 is 11.2. The molecule has 3 aromatic rings. The van der Waals surface area contributed by atoms with Crippen molar-refractivity contribution in [1.82, 2.24) is 0 Å². The van der Waals surface area contributed by atoms with E-state index in [4.69, 9.17) is 9.47 Å². The second-order valence-corrected chi connectivity index (χ2v) is 7.99. The van der Waals surface area contributed by atoms with E-state index in [0.29, 0.717) is 31.1 Å². The molecule has 0 amide bonds. The normalized spacial score (nSPS) is 10.8. The van der Waals surface area contributed by atoms with Crippen LogP contribution in [0.3, 0.4) is 0 Å². The van der Waals surface area contributed by atoms with Crippen LogP contribution in [0, 0.1) is 13.8 Å². The highest BCUT2D eigenvalue weighted by Crippen LogP contribution is 2.24. The van der Waals surface area contributed by atoms with Gasteiger partial charge in [-0.15, -0.1) is 0 Å². The van der Waals surface area contributed by atoms with Crippen molar-refractivity contribution in [2.75, 3.05) is 6.61 Å². The Morgan fingerprint density at radius 1 is 0.833 bits per heavy atom. The van der Waals surface area contributed by atoms with E-state index in [1.807, 2.05) is 30.3 Å². The van der Waals surface area contributed by atoms with Crippen molar-refractivity contribution in [2.45, 2.75) is 46.5 Å². The SMILES string of the molecule is Cc1ccc(-c2ccc(OC(=O)CCCOc3ccc(C(C)C)c(C)c3)cc2)cc1. The van der Waals surface area contributed by atoms with Crippen LogP contribution in [0.25, 0.3) is 11.1 Å². The molecule has 0 spiro atoms. The van der Waals surface area contributed by atoms with Gasteiger partial charge in [0.2, 0.25) is 0 Å². The fraction of sp³-hybridized carbons (Fsp3) is 0.296. The molecular formula is C27H30O3. The maximum atomic E-state index is 12.1. The number of hydrogen-bond donors (Lipinski definition) is 0. The van der Waals surface area contributed by atoms with Crippen LogP contribution in [0.5, 0.6) is 11.5 Å². The van der Waals surface area contributed by atoms with Crippen LogP contribution >= 0.6 is 0 Å². The fourth-order valence-electron chi connectivity index (χ4n) is 3.44. The number of rotatable bonds is 8. The largest absolute Gasteiger partial charge is 0.494 e. The molecule has 3 aromatic carbocycles. The van der Waals surface area contributed by atoms with Gasteiger partial charge in [-0.1, -0.05) is 61.9 Å². The van der Waals surface area contributed by atoms with Gasteiger partial charge >= 0.3 is 5.97 Å². The first-order valence-electron chi connectivity index (χ1n) is 10.5. The number of hydrogen-bond acceptors (Lipinski definition) is 3. The monoisotopic (exact) mass is 402 g/mol. The van der Waals surface area contributed by atoms with Gasteiger partial charge in [-0.3, -0.25) is 4.79 Å². The van der Waals surface area contributed by atoms with Crippen molar-refractivity contribution in [1.29, 1.82) is 0 Å². The molecule has 0 atom stereocenters. The Labute approximate surface area is 179 Å². The molecule has 0 radical (unpaired) electrons. The van der Waals surface area contributed by atoms with E-state index >= 15 is 0 Å². The maximum Gasteiger partial charge on any atom is 0.311 e. The molecule has 0 aliphatic carbocycles. The average Bonchev–Trinajstić information content (AvgIpc) is 2.72. The smallest absolute Gasteiger partial charge is 0.311 e. The Kier molecular flexibility index (Phi) is 7.29. The lowest BCUT2D eigenvalue weighted by atomic mass is 9.98. The minimum atomic E-state index is -0.243. The van der Waals surface area contributed by atoms with Gasteiger partial charge in [0.25, 0.3) is 0 Å². The molecule has 30 heavy (non-hydrogen) atoms. The summed E-state index contributed by atoms with van der Waals surface area (Å²) in [5, 5.41) is 0. The molecule has 3 heteroatoms. The van der Waals surface area contributed by atoms with Crippen LogP contribution in [0.4, 0.5) is 0 Å². The maximum absolute atomic E-state index is 12.1. The molecule has 0 aromatic heterocycles. The van der Waals surface area contributed by atoms with E-state index in [9.17, 15) is 4.79 Å². The first-order valence-corrected chi connectivity index (χ1v) is 10.5. The van der Waals surface area contributed by atoms with Crippen molar-refractivity contribution in [2.24, 2.45) is 0 Å². The standard InChI is InChI=1S/C27H30O3/c1-19(2)26-16-15-25(18-21(26)4)29-17-5-6-27(28)30-24-13-11-23(12-14-24)22-9-7-20(3)8-10-22/h7-16,18-19H,5-6,17H2,1-4H3. The molecule has 0 N–H and O–H groups in total. The molecule has 0 heterocycles. The third-order valence-electron chi connectivity index (χ3n) is 5.13. The molecule has 0 aliphatic heterocycles. The molecule has 0 saturated heterocycles. The number of aryl methyl sites for hydroxylation is 2. The zero-order valence-electron chi connectivity index (χ0n) is 18.3. The molecule has 0 saturated carbocycles. The predicted molar refractivity (Wildman–Crippen MR) is 122 cm³/mol. The van der Waals surface area contributed by atoms with Crippen LogP contribution < -0.4 is 9.47 Å². The Morgan fingerprint density at radius 3 is 2.03 bits per heavy atom. The Hall–Kier alpha value is -3.07. The van der Waals surface area contributed by atoms with Gasteiger partial charge in [0.15, 0.2) is 0 Å². The number of carbonyl (C=O) groups is 1. The highest BCUT2D eigenvalue weighted by Gasteiger charge is 2.07. The lowest BCUT2D eigenvalue weighted by Gasteiger charge is -2.12. The lowest BCUT2D eigenvalue weighted by Crippen LogP contribution is -2.10. The lowest BCUT2D eigenvalue weighted by molar-refractivity contribution is -0.134. The van der Waals surface area contributed by atoms with E-state index in [0.717, 1.165) is 16.9 Å². The highest BCUT2D eigenvalue weighted by molar-refractivity contribution is 5.73. The number of esters is 1. The van der Waals surface area contributed by atoms with Crippen molar-refractivity contribution >= 4 is 5.97 Å². The molecule has 0 unspecified atom stereocenters. The summed E-state index contributed by atoms with van der Waals surface area (Å²) in [6, 6.07) is 22.1. The average molecular weight is 403 g/mol. The first kappa shape index (κ1) is 21.6.